The number of rotatable bonds is 5. The lowest BCUT2D eigenvalue weighted by atomic mass is 10.1. The van der Waals surface area contributed by atoms with Crippen LogP contribution in [0.5, 0.6) is 5.75 Å². The van der Waals surface area contributed by atoms with Crippen molar-refractivity contribution in [2.45, 2.75) is 6.54 Å². The van der Waals surface area contributed by atoms with Crippen LogP contribution in [0.4, 0.5) is 4.39 Å². The van der Waals surface area contributed by atoms with E-state index in [4.69, 9.17) is 4.74 Å². The van der Waals surface area contributed by atoms with Gasteiger partial charge in [0.2, 0.25) is 0 Å². The lowest BCUT2D eigenvalue weighted by Gasteiger charge is -2.09. The Balaban J connectivity index is 2.07. The molecule has 0 radical (unpaired) electrons. The Hall–Kier alpha value is -2.69. The van der Waals surface area contributed by atoms with Crippen molar-refractivity contribution in [3.05, 3.63) is 65.0 Å². The van der Waals surface area contributed by atoms with E-state index in [0.29, 0.717) is 11.3 Å². The number of ether oxygens (including phenoxy) is 1. The van der Waals surface area contributed by atoms with Crippen molar-refractivity contribution in [1.82, 2.24) is 5.32 Å². The zero-order chi connectivity index (χ0) is 15.2. The molecule has 21 heavy (non-hydrogen) atoms. The SMILES string of the molecule is COc1ccc(F)cc1C(=O)NCc1ccc(C=O)cc1. The van der Waals surface area contributed by atoms with Crippen LogP contribution in [0.15, 0.2) is 42.5 Å². The monoisotopic (exact) mass is 287 g/mol. The van der Waals surface area contributed by atoms with Gasteiger partial charge in [-0.3, -0.25) is 9.59 Å². The van der Waals surface area contributed by atoms with Gasteiger partial charge in [0.25, 0.3) is 5.91 Å². The number of halogens is 1. The topological polar surface area (TPSA) is 55.4 Å². The first-order valence-corrected chi connectivity index (χ1v) is 6.30. The average Bonchev–Trinajstić information content (AvgIpc) is 2.53. The maximum Gasteiger partial charge on any atom is 0.255 e. The van der Waals surface area contributed by atoms with E-state index < -0.39 is 11.7 Å². The number of benzene rings is 2. The zero-order valence-corrected chi connectivity index (χ0v) is 11.4. The molecule has 1 N–H and O–H groups in total. The Labute approximate surface area is 121 Å². The number of methoxy groups -OCH3 is 1. The predicted octanol–water partition coefficient (Wildman–Crippen LogP) is 2.58. The average molecular weight is 287 g/mol. The Morgan fingerprint density at radius 3 is 2.57 bits per heavy atom. The largest absolute Gasteiger partial charge is 0.496 e. The fraction of sp³-hybridized carbons (Fsp3) is 0.125. The molecular weight excluding hydrogens is 273 g/mol. The van der Waals surface area contributed by atoms with Crippen LogP contribution in [0.2, 0.25) is 0 Å². The van der Waals surface area contributed by atoms with E-state index in [1.807, 2.05) is 0 Å². The Morgan fingerprint density at radius 1 is 1.24 bits per heavy atom. The summed E-state index contributed by atoms with van der Waals surface area (Å²) in [7, 11) is 1.42. The summed E-state index contributed by atoms with van der Waals surface area (Å²) < 4.78 is 18.3. The summed E-state index contributed by atoms with van der Waals surface area (Å²) in [6.45, 7) is 0.275. The Bertz CT molecular complexity index is 653. The third kappa shape index (κ3) is 3.66. The lowest BCUT2D eigenvalue weighted by molar-refractivity contribution is 0.0947. The number of hydrogen-bond donors (Lipinski definition) is 1. The van der Waals surface area contributed by atoms with Gasteiger partial charge in [-0.25, -0.2) is 4.39 Å². The third-order valence-corrected chi connectivity index (χ3v) is 2.98. The highest BCUT2D eigenvalue weighted by molar-refractivity contribution is 5.96. The molecule has 0 fully saturated rings. The molecule has 0 spiro atoms. The molecule has 2 aromatic rings. The summed E-state index contributed by atoms with van der Waals surface area (Å²) in [5.41, 5.74) is 1.54. The third-order valence-electron chi connectivity index (χ3n) is 2.98. The summed E-state index contributed by atoms with van der Waals surface area (Å²) in [4.78, 5) is 22.6. The van der Waals surface area contributed by atoms with Gasteiger partial charge in [-0.1, -0.05) is 24.3 Å². The first-order chi connectivity index (χ1) is 10.1. The van der Waals surface area contributed by atoms with Crippen LogP contribution in [0.3, 0.4) is 0 Å². The van der Waals surface area contributed by atoms with Crippen LogP contribution >= 0.6 is 0 Å². The zero-order valence-electron chi connectivity index (χ0n) is 11.4. The minimum atomic E-state index is -0.503. The highest BCUT2D eigenvalue weighted by Gasteiger charge is 2.13. The molecule has 4 nitrogen and oxygen atoms in total. The number of amides is 1. The maximum atomic E-state index is 13.2. The molecule has 0 saturated heterocycles. The van der Waals surface area contributed by atoms with Crippen LogP contribution in [-0.4, -0.2) is 19.3 Å². The van der Waals surface area contributed by atoms with Gasteiger partial charge in [0.15, 0.2) is 0 Å². The van der Waals surface area contributed by atoms with E-state index in [2.05, 4.69) is 5.32 Å². The van der Waals surface area contributed by atoms with Crippen molar-refractivity contribution >= 4 is 12.2 Å². The maximum absolute atomic E-state index is 13.2. The van der Waals surface area contributed by atoms with Gasteiger partial charge in [0.05, 0.1) is 12.7 Å². The molecule has 2 aromatic carbocycles. The lowest BCUT2D eigenvalue weighted by Crippen LogP contribution is -2.23. The van der Waals surface area contributed by atoms with Crippen molar-refractivity contribution in [1.29, 1.82) is 0 Å². The quantitative estimate of drug-likeness (QED) is 0.860. The summed E-state index contributed by atoms with van der Waals surface area (Å²) >= 11 is 0. The molecule has 108 valence electrons. The van der Waals surface area contributed by atoms with Crippen molar-refractivity contribution in [2.75, 3.05) is 7.11 Å². The summed E-state index contributed by atoms with van der Waals surface area (Å²) in [6.07, 6.45) is 0.750. The summed E-state index contributed by atoms with van der Waals surface area (Å²) in [6, 6.07) is 10.6. The minimum Gasteiger partial charge on any atom is -0.496 e. The first-order valence-electron chi connectivity index (χ1n) is 6.30. The number of hydrogen-bond acceptors (Lipinski definition) is 3. The number of nitrogens with one attached hydrogen (secondary N) is 1. The van der Waals surface area contributed by atoms with E-state index in [9.17, 15) is 14.0 Å². The highest BCUT2D eigenvalue weighted by atomic mass is 19.1. The molecule has 0 atom stereocenters. The number of carbonyl (C=O) groups excluding carboxylic acids is 2. The van der Waals surface area contributed by atoms with Gasteiger partial charge in [0, 0.05) is 12.1 Å². The van der Waals surface area contributed by atoms with E-state index in [1.54, 1.807) is 24.3 Å². The predicted molar refractivity (Wildman–Crippen MR) is 76.0 cm³/mol. The van der Waals surface area contributed by atoms with Crippen LogP contribution in [0.1, 0.15) is 26.3 Å². The van der Waals surface area contributed by atoms with Crippen molar-refractivity contribution < 1.29 is 18.7 Å². The fourth-order valence-electron chi connectivity index (χ4n) is 1.85. The molecule has 0 aliphatic rings. The van der Waals surface area contributed by atoms with E-state index in [0.717, 1.165) is 17.9 Å². The second kappa shape index (κ2) is 6.65. The summed E-state index contributed by atoms with van der Waals surface area (Å²) in [5.74, 6) is -0.618. The van der Waals surface area contributed by atoms with Crippen molar-refractivity contribution in [2.24, 2.45) is 0 Å². The molecule has 2 rings (SSSR count). The van der Waals surface area contributed by atoms with Gasteiger partial charge in [0.1, 0.15) is 17.9 Å². The van der Waals surface area contributed by atoms with E-state index in [1.165, 1.54) is 19.2 Å². The second-order valence-electron chi connectivity index (χ2n) is 4.39. The van der Waals surface area contributed by atoms with Crippen LogP contribution in [0.25, 0.3) is 0 Å². The van der Waals surface area contributed by atoms with Gasteiger partial charge in [-0.2, -0.15) is 0 Å². The molecule has 0 bridgehead atoms. The van der Waals surface area contributed by atoms with Gasteiger partial charge < -0.3 is 10.1 Å². The second-order valence-corrected chi connectivity index (χ2v) is 4.39. The van der Waals surface area contributed by atoms with Crippen molar-refractivity contribution in [3.63, 3.8) is 0 Å². The Kier molecular flexibility index (Phi) is 4.66. The van der Waals surface area contributed by atoms with Crippen molar-refractivity contribution in [3.8, 4) is 5.75 Å². The Morgan fingerprint density at radius 2 is 1.95 bits per heavy atom. The van der Waals surface area contributed by atoms with Crippen LogP contribution in [-0.2, 0) is 6.54 Å². The minimum absolute atomic E-state index is 0.141. The van der Waals surface area contributed by atoms with Gasteiger partial charge in [-0.05, 0) is 23.8 Å². The molecule has 0 unspecified atom stereocenters. The summed E-state index contributed by atoms with van der Waals surface area (Å²) in [5, 5.41) is 2.68. The van der Waals surface area contributed by atoms with E-state index >= 15 is 0 Å². The standard InChI is InChI=1S/C16H14FNO3/c1-21-15-7-6-13(17)8-14(15)16(20)18-9-11-2-4-12(10-19)5-3-11/h2-8,10H,9H2,1H3,(H,18,20). The molecule has 0 aromatic heterocycles. The smallest absolute Gasteiger partial charge is 0.255 e. The molecule has 1 amide bonds. The number of carbonyl (C=O) groups is 2. The molecule has 5 heteroatoms. The molecule has 0 heterocycles. The number of aldehydes is 1. The first kappa shape index (κ1) is 14.7. The van der Waals surface area contributed by atoms with Crippen LogP contribution < -0.4 is 10.1 Å². The van der Waals surface area contributed by atoms with Gasteiger partial charge in [-0.15, -0.1) is 0 Å². The molecular formula is C16H14FNO3. The molecule has 0 aliphatic carbocycles. The normalized spacial score (nSPS) is 10.0. The van der Waals surface area contributed by atoms with Gasteiger partial charge >= 0.3 is 0 Å². The molecule has 0 saturated carbocycles. The highest BCUT2D eigenvalue weighted by Crippen LogP contribution is 2.19. The molecule has 0 aliphatic heterocycles. The fourth-order valence-corrected chi connectivity index (χ4v) is 1.85. The van der Waals surface area contributed by atoms with E-state index in [-0.39, 0.29) is 12.1 Å². The van der Waals surface area contributed by atoms with Crippen LogP contribution in [0, 0.1) is 5.82 Å².